The molecular weight excluding hydrogens is 502 g/mol. The average molecular weight is 531 g/mol. The van der Waals surface area contributed by atoms with Crippen LogP contribution in [-0.4, -0.2) is 6.61 Å². The third-order valence-corrected chi connectivity index (χ3v) is 6.09. The lowest BCUT2D eigenvalue weighted by Gasteiger charge is -2.25. The van der Waals surface area contributed by atoms with Gasteiger partial charge in [-0.05, 0) is 79.2 Å². The molecule has 3 rings (SSSR count). The third kappa shape index (κ3) is 6.88. The predicted molar refractivity (Wildman–Crippen MR) is 135 cm³/mol. The lowest BCUT2D eigenvalue weighted by molar-refractivity contribution is 0.304. The first-order valence-corrected chi connectivity index (χ1v) is 12.3. The van der Waals surface area contributed by atoms with Gasteiger partial charge in [0.15, 0.2) is 0 Å². The molecule has 30 heavy (non-hydrogen) atoms. The van der Waals surface area contributed by atoms with Crippen molar-refractivity contribution in [1.29, 1.82) is 0 Å². The Balaban J connectivity index is 1.68. The van der Waals surface area contributed by atoms with E-state index < -0.39 is 0 Å². The van der Waals surface area contributed by atoms with Crippen LogP contribution in [0.15, 0.2) is 81.7 Å². The SMILES string of the molecule is CCCCCCCCOc1ccc(N(c2ccc(Br)cc2)c2ccc(Br)cc2)cc1. The van der Waals surface area contributed by atoms with E-state index in [-0.39, 0.29) is 0 Å². The maximum atomic E-state index is 5.96. The number of anilines is 3. The fourth-order valence-corrected chi connectivity index (χ4v) is 3.92. The standard InChI is InChI=1S/C26H29Br2NO/c1-2-3-4-5-6-7-20-30-26-18-16-25(17-19-26)29(23-12-8-21(27)9-13-23)24-14-10-22(28)11-15-24/h8-19H,2-7,20H2,1H3. The van der Waals surface area contributed by atoms with Crippen molar-refractivity contribution in [2.75, 3.05) is 11.5 Å². The summed E-state index contributed by atoms with van der Waals surface area (Å²) < 4.78 is 8.10. The molecule has 0 aliphatic carbocycles. The van der Waals surface area contributed by atoms with Crippen LogP contribution in [0.5, 0.6) is 5.75 Å². The average Bonchev–Trinajstić information content (AvgIpc) is 2.77. The molecule has 0 atom stereocenters. The molecule has 3 aromatic rings. The Bertz CT molecular complexity index is 831. The van der Waals surface area contributed by atoms with Crippen LogP contribution < -0.4 is 9.64 Å². The van der Waals surface area contributed by atoms with E-state index in [1.807, 2.05) is 0 Å². The molecule has 0 heterocycles. The number of rotatable bonds is 11. The largest absolute Gasteiger partial charge is 0.494 e. The molecule has 0 amide bonds. The van der Waals surface area contributed by atoms with Gasteiger partial charge in [-0.1, -0.05) is 70.9 Å². The zero-order chi connectivity index (χ0) is 21.2. The summed E-state index contributed by atoms with van der Waals surface area (Å²) in [6.07, 6.45) is 7.66. The second-order valence-electron chi connectivity index (χ2n) is 7.40. The number of benzene rings is 3. The fourth-order valence-electron chi connectivity index (χ4n) is 3.39. The smallest absolute Gasteiger partial charge is 0.119 e. The molecule has 0 radical (unpaired) electrons. The van der Waals surface area contributed by atoms with Crippen LogP contribution in [0.25, 0.3) is 0 Å². The van der Waals surface area contributed by atoms with Crippen LogP contribution in [0.1, 0.15) is 45.4 Å². The van der Waals surface area contributed by atoms with Crippen LogP contribution in [0.2, 0.25) is 0 Å². The van der Waals surface area contributed by atoms with E-state index in [1.165, 1.54) is 32.1 Å². The number of halogens is 2. The van der Waals surface area contributed by atoms with Gasteiger partial charge in [-0.15, -0.1) is 0 Å². The van der Waals surface area contributed by atoms with Gasteiger partial charge in [-0.25, -0.2) is 0 Å². The van der Waals surface area contributed by atoms with Gasteiger partial charge in [-0.2, -0.15) is 0 Å². The van der Waals surface area contributed by atoms with Gasteiger partial charge in [0.2, 0.25) is 0 Å². The Labute approximate surface area is 197 Å². The predicted octanol–water partition coefficient (Wildman–Crippen LogP) is 9.42. The van der Waals surface area contributed by atoms with Crippen molar-refractivity contribution in [2.45, 2.75) is 45.4 Å². The summed E-state index contributed by atoms with van der Waals surface area (Å²) in [6.45, 7) is 3.04. The van der Waals surface area contributed by atoms with Crippen LogP contribution in [0.4, 0.5) is 17.1 Å². The van der Waals surface area contributed by atoms with Gasteiger partial charge in [-0.3, -0.25) is 0 Å². The minimum atomic E-state index is 0.786. The van der Waals surface area contributed by atoms with Crippen LogP contribution in [0.3, 0.4) is 0 Å². The van der Waals surface area contributed by atoms with Gasteiger partial charge in [0.1, 0.15) is 5.75 Å². The molecule has 3 aromatic carbocycles. The van der Waals surface area contributed by atoms with Gasteiger partial charge < -0.3 is 9.64 Å². The number of hydrogen-bond donors (Lipinski definition) is 0. The minimum absolute atomic E-state index is 0.786. The lowest BCUT2D eigenvalue weighted by atomic mass is 10.1. The summed E-state index contributed by atoms with van der Waals surface area (Å²) >= 11 is 7.06. The molecule has 0 aliphatic rings. The summed E-state index contributed by atoms with van der Waals surface area (Å²) in [7, 11) is 0. The minimum Gasteiger partial charge on any atom is -0.494 e. The van der Waals surface area contributed by atoms with Gasteiger partial charge >= 0.3 is 0 Å². The highest BCUT2D eigenvalue weighted by atomic mass is 79.9. The number of unbranched alkanes of at least 4 members (excludes halogenated alkanes) is 5. The molecule has 0 unspecified atom stereocenters. The zero-order valence-corrected chi connectivity index (χ0v) is 20.7. The Hall–Kier alpha value is -1.78. The highest BCUT2D eigenvalue weighted by Gasteiger charge is 2.12. The highest BCUT2D eigenvalue weighted by Crippen LogP contribution is 2.36. The zero-order valence-electron chi connectivity index (χ0n) is 17.5. The number of ether oxygens (including phenoxy) is 1. The van der Waals surface area contributed by atoms with E-state index in [4.69, 9.17) is 4.74 Å². The fraction of sp³-hybridized carbons (Fsp3) is 0.308. The van der Waals surface area contributed by atoms with Gasteiger partial charge in [0, 0.05) is 26.0 Å². The maximum absolute atomic E-state index is 5.96. The molecule has 158 valence electrons. The second kappa shape index (κ2) is 12.2. The Morgan fingerprint density at radius 2 is 1.03 bits per heavy atom. The summed E-state index contributed by atoms with van der Waals surface area (Å²) in [5, 5.41) is 0. The molecule has 0 spiro atoms. The van der Waals surface area contributed by atoms with E-state index in [2.05, 4.69) is 116 Å². The van der Waals surface area contributed by atoms with Crippen molar-refractivity contribution in [3.05, 3.63) is 81.7 Å². The van der Waals surface area contributed by atoms with Crippen molar-refractivity contribution in [2.24, 2.45) is 0 Å². The van der Waals surface area contributed by atoms with E-state index in [9.17, 15) is 0 Å². The Morgan fingerprint density at radius 3 is 1.53 bits per heavy atom. The molecule has 0 aromatic heterocycles. The summed E-state index contributed by atoms with van der Waals surface area (Å²) in [5.74, 6) is 0.930. The molecule has 0 saturated carbocycles. The highest BCUT2D eigenvalue weighted by molar-refractivity contribution is 9.10. The lowest BCUT2D eigenvalue weighted by Crippen LogP contribution is -2.09. The van der Waals surface area contributed by atoms with E-state index in [0.717, 1.165) is 44.8 Å². The Morgan fingerprint density at radius 1 is 0.600 bits per heavy atom. The first-order valence-electron chi connectivity index (χ1n) is 10.7. The van der Waals surface area contributed by atoms with Crippen molar-refractivity contribution in [3.63, 3.8) is 0 Å². The topological polar surface area (TPSA) is 12.5 Å². The molecule has 0 saturated heterocycles. The van der Waals surface area contributed by atoms with Crippen LogP contribution in [-0.2, 0) is 0 Å². The molecule has 0 bridgehead atoms. The normalized spacial score (nSPS) is 10.8. The first kappa shape index (κ1) is 22.9. The van der Waals surface area contributed by atoms with Gasteiger partial charge in [0.25, 0.3) is 0 Å². The molecule has 0 fully saturated rings. The monoisotopic (exact) mass is 529 g/mol. The molecule has 4 heteroatoms. The maximum Gasteiger partial charge on any atom is 0.119 e. The van der Waals surface area contributed by atoms with Crippen molar-refractivity contribution < 1.29 is 4.74 Å². The number of hydrogen-bond acceptors (Lipinski definition) is 2. The van der Waals surface area contributed by atoms with Crippen molar-refractivity contribution >= 4 is 48.9 Å². The van der Waals surface area contributed by atoms with Crippen molar-refractivity contribution in [3.8, 4) is 5.75 Å². The quantitative estimate of drug-likeness (QED) is 0.229. The second-order valence-corrected chi connectivity index (χ2v) is 9.23. The molecule has 0 aliphatic heterocycles. The third-order valence-electron chi connectivity index (χ3n) is 5.03. The van der Waals surface area contributed by atoms with E-state index in [1.54, 1.807) is 0 Å². The number of nitrogens with zero attached hydrogens (tertiary/aromatic N) is 1. The summed E-state index contributed by atoms with van der Waals surface area (Å²) in [6, 6.07) is 25.1. The van der Waals surface area contributed by atoms with Crippen LogP contribution in [0, 0.1) is 0 Å². The Kier molecular flexibility index (Phi) is 9.28. The summed E-state index contributed by atoms with van der Waals surface area (Å²) in [5.41, 5.74) is 3.33. The van der Waals surface area contributed by atoms with Crippen LogP contribution >= 0.6 is 31.9 Å². The van der Waals surface area contributed by atoms with Gasteiger partial charge in [0.05, 0.1) is 6.61 Å². The molecule has 0 N–H and O–H groups in total. The first-order chi connectivity index (χ1) is 14.7. The molecular formula is C26H29Br2NO. The summed E-state index contributed by atoms with van der Waals surface area (Å²) in [4.78, 5) is 2.25. The van der Waals surface area contributed by atoms with E-state index >= 15 is 0 Å². The van der Waals surface area contributed by atoms with E-state index in [0.29, 0.717) is 0 Å². The molecule has 2 nitrogen and oxygen atoms in total. The van der Waals surface area contributed by atoms with Crippen molar-refractivity contribution in [1.82, 2.24) is 0 Å².